The number of pyridine rings is 1. The maximum absolute atomic E-state index is 12.7. The lowest BCUT2D eigenvalue weighted by Gasteiger charge is -2.12. The van der Waals surface area contributed by atoms with Gasteiger partial charge in [-0.05, 0) is 24.3 Å². The number of aromatic nitrogens is 1. The average molecular weight is 324 g/mol. The molecule has 0 saturated carbocycles. The highest BCUT2D eigenvalue weighted by atomic mass is 19.4. The minimum Gasteiger partial charge on any atom is -0.439 e. The molecular weight excluding hydrogens is 309 g/mol. The molecule has 7 heteroatoms. The SMILES string of the molecule is CCC(=O)NCc1cccnc1Oc1cccc(C(F)(F)F)c1. The van der Waals surface area contributed by atoms with Crippen molar-refractivity contribution in [2.24, 2.45) is 0 Å². The summed E-state index contributed by atoms with van der Waals surface area (Å²) in [7, 11) is 0. The summed E-state index contributed by atoms with van der Waals surface area (Å²) in [5.74, 6) is 0.0451. The molecule has 122 valence electrons. The van der Waals surface area contributed by atoms with Gasteiger partial charge in [-0.2, -0.15) is 13.2 Å². The van der Waals surface area contributed by atoms with E-state index >= 15 is 0 Å². The van der Waals surface area contributed by atoms with Gasteiger partial charge < -0.3 is 10.1 Å². The molecule has 0 unspecified atom stereocenters. The standard InChI is InChI=1S/C16H15F3N2O2/c1-2-14(22)21-10-11-5-4-8-20-15(11)23-13-7-3-6-12(9-13)16(17,18)19/h3-9H,2,10H2,1H3,(H,21,22). The maximum Gasteiger partial charge on any atom is 0.416 e. The Morgan fingerprint density at radius 3 is 2.74 bits per heavy atom. The number of halogens is 3. The van der Waals surface area contributed by atoms with E-state index in [4.69, 9.17) is 4.74 Å². The van der Waals surface area contributed by atoms with Gasteiger partial charge in [0.25, 0.3) is 0 Å². The Labute approximate surface area is 131 Å². The van der Waals surface area contributed by atoms with Crippen molar-refractivity contribution in [1.29, 1.82) is 0 Å². The lowest BCUT2D eigenvalue weighted by atomic mass is 10.2. The first-order valence-electron chi connectivity index (χ1n) is 6.96. The van der Waals surface area contributed by atoms with Crippen LogP contribution < -0.4 is 10.1 Å². The molecule has 1 aromatic carbocycles. The zero-order valence-corrected chi connectivity index (χ0v) is 12.4. The first-order chi connectivity index (χ1) is 10.9. The normalized spacial score (nSPS) is 11.1. The lowest BCUT2D eigenvalue weighted by Crippen LogP contribution is -2.21. The zero-order chi connectivity index (χ0) is 16.9. The molecule has 0 aliphatic rings. The quantitative estimate of drug-likeness (QED) is 0.907. The summed E-state index contributed by atoms with van der Waals surface area (Å²) in [5.41, 5.74) is -0.224. The number of nitrogens with zero attached hydrogens (tertiary/aromatic N) is 1. The van der Waals surface area contributed by atoms with Gasteiger partial charge in [0, 0.05) is 24.7 Å². The monoisotopic (exact) mass is 324 g/mol. The number of ether oxygens (including phenoxy) is 1. The predicted octanol–water partition coefficient (Wildman–Crippen LogP) is 3.92. The van der Waals surface area contributed by atoms with E-state index in [1.807, 2.05) is 0 Å². The first-order valence-corrected chi connectivity index (χ1v) is 6.96. The third-order valence-corrected chi connectivity index (χ3v) is 3.02. The Hall–Kier alpha value is -2.57. The van der Waals surface area contributed by atoms with Crippen molar-refractivity contribution in [3.8, 4) is 11.6 Å². The van der Waals surface area contributed by atoms with E-state index in [1.54, 1.807) is 19.1 Å². The van der Waals surface area contributed by atoms with Crippen LogP contribution in [-0.4, -0.2) is 10.9 Å². The van der Waals surface area contributed by atoms with E-state index in [0.717, 1.165) is 12.1 Å². The molecule has 0 saturated heterocycles. The van der Waals surface area contributed by atoms with E-state index < -0.39 is 11.7 Å². The largest absolute Gasteiger partial charge is 0.439 e. The number of benzene rings is 1. The number of hydrogen-bond acceptors (Lipinski definition) is 3. The summed E-state index contributed by atoms with van der Waals surface area (Å²) in [6.07, 6.45) is -2.64. The molecular formula is C16H15F3N2O2. The van der Waals surface area contributed by atoms with Crippen molar-refractivity contribution in [2.45, 2.75) is 26.1 Å². The number of hydrogen-bond donors (Lipinski definition) is 1. The van der Waals surface area contributed by atoms with Gasteiger partial charge >= 0.3 is 6.18 Å². The van der Waals surface area contributed by atoms with E-state index in [0.29, 0.717) is 12.0 Å². The van der Waals surface area contributed by atoms with Gasteiger partial charge in [0.05, 0.1) is 5.56 Å². The molecule has 0 spiro atoms. The number of amides is 1. The third kappa shape index (κ3) is 4.70. The van der Waals surface area contributed by atoms with Gasteiger partial charge in [-0.15, -0.1) is 0 Å². The minimum absolute atomic E-state index is 0.0293. The second-order valence-corrected chi connectivity index (χ2v) is 4.73. The Kier molecular flexibility index (Phi) is 5.20. The van der Waals surface area contributed by atoms with Crippen molar-refractivity contribution in [3.63, 3.8) is 0 Å². The number of alkyl halides is 3. The fourth-order valence-corrected chi connectivity index (χ4v) is 1.82. The summed E-state index contributed by atoms with van der Waals surface area (Å²) >= 11 is 0. The molecule has 1 amide bonds. The molecule has 0 fully saturated rings. The van der Waals surface area contributed by atoms with Gasteiger partial charge in [0.15, 0.2) is 0 Å². The Balaban J connectivity index is 2.19. The molecule has 1 N–H and O–H groups in total. The van der Waals surface area contributed by atoms with E-state index in [1.165, 1.54) is 18.3 Å². The topological polar surface area (TPSA) is 51.2 Å². The van der Waals surface area contributed by atoms with Crippen LogP contribution in [0.15, 0.2) is 42.6 Å². The second-order valence-electron chi connectivity index (χ2n) is 4.73. The summed E-state index contributed by atoms with van der Waals surface area (Å²) in [5, 5.41) is 2.67. The fourth-order valence-electron chi connectivity index (χ4n) is 1.82. The Morgan fingerprint density at radius 2 is 2.04 bits per heavy atom. The minimum atomic E-state index is -4.44. The molecule has 0 atom stereocenters. The van der Waals surface area contributed by atoms with Crippen molar-refractivity contribution in [2.75, 3.05) is 0 Å². The number of rotatable bonds is 5. The molecule has 2 rings (SSSR count). The van der Waals surface area contributed by atoms with Crippen molar-refractivity contribution in [3.05, 3.63) is 53.7 Å². The number of carbonyl (C=O) groups excluding carboxylic acids is 1. The summed E-state index contributed by atoms with van der Waals surface area (Å²) in [4.78, 5) is 15.3. The molecule has 2 aromatic rings. The van der Waals surface area contributed by atoms with Crippen LogP contribution in [0, 0.1) is 0 Å². The lowest BCUT2D eigenvalue weighted by molar-refractivity contribution is -0.137. The summed E-state index contributed by atoms with van der Waals surface area (Å²) in [6.45, 7) is 1.91. The van der Waals surface area contributed by atoms with E-state index in [9.17, 15) is 18.0 Å². The van der Waals surface area contributed by atoms with Crippen molar-refractivity contribution >= 4 is 5.91 Å². The first kappa shape index (κ1) is 16.8. The van der Waals surface area contributed by atoms with Crippen LogP contribution >= 0.6 is 0 Å². The highest BCUT2D eigenvalue weighted by Gasteiger charge is 2.30. The molecule has 0 aliphatic carbocycles. The predicted molar refractivity (Wildman–Crippen MR) is 77.9 cm³/mol. The van der Waals surface area contributed by atoms with Gasteiger partial charge in [0.2, 0.25) is 11.8 Å². The summed E-state index contributed by atoms with van der Waals surface area (Å²) in [6, 6.07) is 7.90. The molecule has 23 heavy (non-hydrogen) atoms. The van der Waals surface area contributed by atoms with Crippen LogP contribution in [0.25, 0.3) is 0 Å². The number of carbonyl (C=O) groups is 1. The molecule has 1 aromatic heterocycles. The molecule has 0 radical (unpaired) electrons. The molecule has 0 bridgehead atoms. The van der Waals surface area contributed by atoms with Gasteiger partial charge in [0.1, 0.15) is 5.75 Å². The third-order valence-electron chi connectivity index (χ3n) is 3.02. The highest BCUT2D eigenvalue weighted by Crippen LogP contribution is 2.32. The zero-order valence-electron chi connectivity index (χ0n) is 12.4. The van der Waals surface area contributed by atoms with Crippen LogP contribution in [0.1, 0.15) is 24.5 Å². The van der Waals surface area contributed by atoms with E-state index in [2.05, 4.69) is 10.3 Å². The summed E-state index contributed by atoms with van der Waals surface area (Å²) < 4.78 is 43.6. The fraction of sp³-hybridized carbons (Fsp3) is 0.250. The van der Waals surface area contributed by atoms with Gasteiger partial charge in [-0.3, -0.25) is 4.79 Å². The van der Waals surface area contributed by atoms with Crippen molar-refractivity contribution in [1.82, 2.24) is 10.3 Å². The van der Waals surface area contributed by atoms with Crippen LogP contribution in [0.2, 0.25) is 0 Å². The van der Waals surface area contributed by atoms with Crippen LogP contribution in [0.5, 0.6) is 11.6 Å². The van der Waals surface area contributed by atoms with Crippen LogP contribution in [-0.2, 0) is 17.5 Å². The van der Waals surface area contributed by atoms with Gasteiger partial charge in [-0.1, -0.05) is 19.1 Å². The van der Waals surface area contributed by atoms with Crippen LogP contribution in [0.4, 0.5) is 13.2 Å². The Morgan fingerprint density at radius 1 is 1.26 bits per heavy atom. The number of nitrogens with one attached hydrogen (secondary N) is 1. The maximum atomic E-state index is 12.7. The van der Waals surface area contributed by atoms with Crippen LogP contribution in [0.3, 0.4) is 0 Å². The highest BCUT2D eigenvalue weighted by molar-refractivity contribution is 5.75. The van der Waals surface area contributed by atoms with Crippen molar-refractivity contribution < 1.29 is 22.7 Å². The van der Waals surface area contributed by atoms with E-state index in [-0.39, 0.29) is 24.1 Å². The molecule has 1 heterocycles. The second kappa shape index (κ2) is 7.13. The Bertz CT molecular complexity index is 687. The van der Waals surface area contributed by atoms with Gasteiger partial charge in [-0.25, -0.2) is 4.98 Å². The smallest absolute Gasteiger partial charge is 0.416 e. The molecule has 0 aliphatic heterocycles. The average Bonchev–Trinajstić information content (AvgIpc) is 2.53. The molecule has 4 nitrogen and oxygen atoms in total.